The van der Waals surface area contributed by atoms with Gasteiger partial charge in [-0.15, -0.1) is 6.58 Å². The maximum absolute atomic E-state index is 11.8. The van der Waals surface area contributed by atoms with E-state index in [0.717, 1.165) is 24.8 Å². The van der Waals surface area contributed by atoms with E-state index >= 15 is 0 Å². The topological polar surface area (TPSA) is 129 Å². The predicted octanol–water partition coefficient (Wildman–Crippen LogP) is 2.48. The van der Waals surface area contributed by atoms with E-state index in [-0.39, 0.29) is 32.0 Å². The molecular weight excluding hydrogens is 464 g/mol. The third-order valence-electron chi connectivity index (χ3n) is 7.70. The summed E-state index contributed by atoms with van der Waals surface area (Å²) in [6.45, 7) is 5.97. The van der Waals surface area contributed by atoms with Crippen molar-refractivity contribution >= 4 is 0 Å². The van der Waals surface area contributed by atoms with Gasteiger partial charge in [-0.1, -0.05) is 38.0 Å². The summed E-state index contributed by atoms with van der Waals surface area (Å²) in [5.74, 6) is 0.166. The minimum Gasteiger partial charge on any atom is -0.462 e. The van der Waals surface area contributed by atoms with Crippen molar-refractivity contribution < 1.29 is 39.7 Å². The van der Waals surface area contributed by atoms with Gasteiger partial charge in [-0.25, -0.2) is 0 Å². The number of hydrogen-bond donors (Lipinski definition) is 5. The Morgan fingerprint density at radius 3 is 2.56 bits per heavy atom. The largest absolute Gasteiger partial charge is 0.462 e. The third kappa shape index (κ3) is 5.96. The SMILES string of the molecule is C=CCc1ccc(OC2OC(C(O)CCCO)C3(O)CCC(CCO)C2(OCCCCC)C3O)cc1. The van der Waals surface area contributed by atoms with Gasteiger partial charge in [0.25, 0.3) is 0 Å². The van der Waals surface area contributed by atoms with Crippen LogP contribution < -0.4 is 4.74 Å². The second kappa shape index (κ2) is 13.3. The summed E-state index contributed by atoms with van der Waals surface area (Å²) in [4.78, 5) is 0. The van der Waals surface area contributed by atoms with Gasteiger partial charge in [0.15, 0.2) is 5.60 Å². The lowest BCUT2D eigenvalue weighted by atomic mass is 9.60. The summed E-state index contributed by atoms with van der Waals surface area (Å²) in [7, 11) is 0. The first kappa shape index (κ1) is 29.0. The Hall–Kier alpha value is -1.52. The third-order valence-corrected chi connectivity index (χ3v) is 7.70. The van der Waals surface area contributed by atoms with Crippen LogP contribution in [-0.2, 0) is 15.9 Å². The number of rotatable bonds is 15. The Labute approximate surface area is 214 Å². The summed E-state index contributed by atoms with van der Waals surface area (Å²) in [5.41, 5.74) is -2.13. The van der Waals surface area contributed by atoms with E-state index in [1.165, 1.54) is 0 Å². The number of ether oxygens (including phenoxy) is 3. The standard InChI is InChI=1S/C28H44O8/c1-3-5-6-19-34-28-21(15-18-30)14-16-27(33,25(28)32)24(23(31)9-7-17-29)36-26(28)35-22-12-10-20(8-4-2)11-13-22/h4,10-13,21,23-26,29-33H,2-3,5-9,14-19H2,1H3. The summed E-state index contributed by atoms with van der Waals surface area (Å²) in [6.07, 6.45) is 1.96. The van der Waals surface area contributed by atoms with E-state index in [4.69, 9.17) is 14.2 Å². The monoisotopic (exact) mass is 508 g/mol. The molecule has 204 valence electrons. The molecule has 8 nitrogen and oxygen atoms in total. The molecule has 1 saturated heterocycles. The molecule has 2 bridgehead atoms. The summed E-state index contributed by atoms with van der Waals surface area (Å²) < 4.78 is 19.1. The molecule has 2 fully saturated rings. The zero-order valence-corrected chi connectivity index (χ0v) is 21.4. The molecule has 1 aliphatic heterocycles. The molecule has 0 amide bonds. The van der Waals surface area contributed by atoms with Gasteiger partial charge in [0.1, 0.15) is 23.6 Å². The fourth-order valence-corrected chi connectivity index (χ4v) is 5.74. The Morgan fingerprint density at radius 2 is 1.92 bits per heavy atom. The number of allylic oxidation sites excluding steroid dienone is 1. The highest BCUT2D eigenvalue weighted by Crippen LogP contribution is 2.53. The zero-order chi connectivity index (χ0) is 26.2. The van der Waals surface area contributed by atoms with E-state index in [1.807, 2.05) is 18.2 Å². The molecule has 1 aliphatic carbocycles. The van der Waals surface area contributed by atoms with Gasteiger partial charge in [-0.05, 0) is 68.6 Å². The molecule has 1 aromatic carbocycles. The molecule has 0 spiro atoms. The van der Waals surface area contributed by atoms with Gasteiger partial charge in [-0.2, -0.15) is 0 Å². The van der Waals surface area contributed by atoms with Crippen LogP contribution in [0.2, 0.25) is 0 Å². The van der Waals surface area contributed by atoms with Crippen LogP contribution in [0.4, 0.5) is 0 Å². The lowest BCUT2D eigenvalue weighted by Crippen LogP contribution is -2.80. The Bertz CT molecular complexity index is 801. The van der Waals surface area contributed by atoms with Crippen molar-refractivity contribution in [3.8, 4) is 5.75 Å². The summed E-state index contributed by atoms with van der Waals surface area (Å²) in [6, 6.07) is 7.45. The molecule has 7 atom stereocenters. The Kier molecular flexibility index (Phi) is 10.8. The van der Waals surface area contributed by atoms with Crippen LogP contribution in [0.3, 0.4) is 0 Å². The molecule has 2 aliphatic rings. The molecule has 0 aromatic heterocycles. The first-order valence-corrected chi connectivity index (χ1v) is 13.3. The van der Waals surface area contributed by atoms with Crippen molar-refractivity contribution in [2.24, 2.45) is 5.92 Å². The number of benzene rings is 1. The van der Waals surface area contributed by atoms with E-state index < -0.39 is 35.8 Å². The minimum absolute atomic E-state index is 0.106. The van der Waals surface area contributed by atoms with Crippen molar-refractivity contribution in [3.63, 3.8) is 0 Å². The highest BCUT2D eigenvalue weighted by atomic mass is 16.7. The van der Waals surface area contributed by atoms with E-state index in [1.54, 1.807) is 12.1 Å². The molecule has 36 heavy (non-hydrogen) atoms. The highest BCUT2D eigenvalue weighted by molar-refractivity contribution is 5.29. The first-order valence-electron chi connectivity index (χ1n) is 13.3. The van der Waals surface area contributed by atoms with Crippen LogP contribution in [0.25, 0.3) is 0 Å². The quantitative estimate of drug-likeness (QED) is 0.181. The number of fused-ring (bicyclic) bond motifs is 2. The average molecular weight is 509 g/mol. The number of hydrogen-bond acceptors (Lipinski definition) is 8. The van der Waals surface area contributed by atoms with Crippen molar-refractivity contribution in [2.45, 2.75) is 101 Å². The predicted molar refractivity (Wildman–Crippen MR) is 136 cm³/mol. The first-order chi connectivity index (χ1) is 17.4. The second-order valence-electron chi connectivity index (χ2n) is 10.1. The lowest BCUT2D eigenvalue weighted by Gasteiger charge is -2.62. The van der Waals surface area contributed by atoms with E-state index in [2.05, 4.69) is 13.5 Å². The number of aliphatic hydroxyl groups excluding tert-OH is 4. The molecule has 1 saturated carbocycles. The maximum Gasteiger partial charge on any atom is 0.232 e. The van der Waals surface area contributed by atoms with Crippen LogP contribution in [0.1, 0.15) is 63.9 Å². The number of aliphatic hydroxyl groups is 5. The van der Waals surface area contributed by atoms with Gasteiger partial charge >= 0.3 is 0 Å². The Morgan fingerprint density at radius 1 is 1.17 bits per heavy atom. The molecule has 7 unspecified atom stereocenters. The lowest BCUT2D eigenvalue weighted by molar-refractivity contribution is -0.396. The molecule has 8 heteroatoms. The van der Waals surface area contributed by atoms with Crippen LogP contribution >= 0.6 is 0 Å². The number of unbranched alkanes of at least 4 members (excludes halogenated alkanes) is 2. The van der Waals surface area contributed by atoms with Gasteiger partial charge < -0.3 is 39.7 Å². The molecule has 1 aromatic rings. The van der Waals surface area contributed by atoms with Gasteiger partial charge in [0, 0.05) is 19.8 Å². The molecule has 1 heterocycles. The second-order valence-corrected chi connectivity index (χ2v) is 10.1. The van der Waals surface area contributed by atoms with Gasteiger partial charge in [-0.3, -0.25) is 0 Å². The molecular formula is C28H44O8. The molecule has 3 rings (SSSR count). The van der Waals surface area contributed by atoms with Gasteiger partial charge in [0.05, 0.1) is 6.10 Å². The van der Waals surface area contributed by atoms with Crippen molar-refractivity contribution in [3.05, 3.63) is 42.5 Å². The fraction of sp³-hybridized carbons (Fsp3) is 0.714. The minimum atomic E-state index is -1.76. The fourth-order valence-electron chi connectivity index (χ4n) is 5.74. The maximum atomic E-state index is 11.8. The smallest absolute Gasteiger partial charge is 0.232 e. The molecule has 0 radical (unpaired) electrons. The van der Waals surface area contributed by atoms with Crippen molar-refractivity contribution in [2.75, 3.05) is 19.8 Å². The zero-order valence-electron chi connectivity index (χ0n) is 21.4. The van der Waals surface area contributed by atoms with Crippen LogP contribution in [0, 0.1) is 5.92 Å². The summed E-state index contributed by atoms with van der Waals surface area (Å²) >= 11 is 0. The average Bonchev–Trinajstić information content (AvgIpc) is 2.87. The van der Waals surface area contributed by atoms with Crippen molar-refractivity contribution in [1.29, 1.82) is 0 Å². The Balaban J connectivity index is 2.00. The summed E-state index contributed by atoms with van der Waals surface area (Å²) in [5, 5.41) is 53.5. The van der Waals surface area contributed by atoms with Gasteiger partial charge in [0.2, 0.25) is 6.29 Å². The van der Waals surface area contributed by atoms with E-state index in [9.17, 15) is 25.5 Å². The van der Waals surface area contributed by atoms with Crippen LogP contribution in [0.15, 0.2) is 36.9 Å². The molecule has 5 N–H and O–H groups in total. The van der Waals surface area contributed by atoms with Crippen LogP contribution in [-0.4, -0.2) is 81.2 Å². The van der Waals surface area contributed by atoms with E-state index in [0.29, 0.717) is 38.0 Å². The van der Waals surface area contributed by atoms with Crippen LogP contribution in [0.5, 0.6) is 5.75 Å². The highest BCUT2D eigenvalue weighted by Gasteiger charge is 2.70. The van der Waals surface area contributed by atoms with Crippen molar-refractivity contribution in [1.82, 2.24) is 0 Å². The normalized spacial score (nSPS) is 32.7.